The average molecular weight is 221 g/mol. The molecule has 0 spiro atoms. The molecule has 2 heteroatoms. The molecule has 0 bridgehead atoms. The van der Waals surface area contributed by atoms with Crippen molar-refractivity contribution in [2.24, 2.45) is 5.73 Å². The quantitative estimate of drug-likeness (QED) is 0.794. The van der Waals surface area contributed by atoms with Crippen molar-refractivity contribution in [3.05, 3.63) is 29.3 Å². The molecular weight excluding hydrogens is 202 g/mol. The molecule has 1 saturated carbocycles. The van der Waals surface area contributed by atoms with Crippen LogP contribution in [0.15, 0.2) is 23.1 Å². The van der Waals surface area contributed by atoms with E-state index >= 15 is 0 Å². The fraction of sp³-hybridized carbons (Fsp3) is 0.538. The normalized spacial score (nSPS) is 20.0. The van der Waals surface area contributed by atoms with Gasteiger partial charge in [0, 0.05) is 16.4 Å². The van der Waals surface area contributed by atoms with Crippen LogP contribution in [0.3, 0.4) is 0 Å². The predicted octanol–water partition coefficient (Wildman–Crippen LogP) is 3.10. The Morgan fingerprint density at radius 3 is 2.47 bits per heavy atom. The van der Waals surface area contributed by atoms with Crippen LogP contribution in [0.1, 0.15) is 30.9 Å². The van der Waals surface area contributed by atoms with Crippen LogP contribution in [0.4, 0.5) is 0 Å². The fourth-order valence-corrected chi connectivity index (χ4v) is 2.91. The maximum absolute atomic E-state index is 6.08. The number of thioether (sulfide) groups is 1. The third-order valence-electron chi connectivity index (χ3n) is 3.63. The van der Waals surface area contributed by atoms with Gasteiger partial charge in [-0.2, -0.15) is 0 Å². The Morgan fingerprint density at radius 1 is 1.40 bits per heavy atom. The summed E-state index contributed by atoms with van der Waals surface area (Å²) in [5, 5.41) is 0. The Hall–Kier alpha value is -0.470. The lowest BCUT2D eigenvalue weighted by Gasteiger charge is -2.21. The lowest BCUT2D eigenvalue weighted by molar-refractivity contribution is 0.556. The molecule has 15 heavy (non-hydrogen) atoms. The zero-order valence-electron chi connectivity index (χ0n) is 9.71. The van der Waals surface area contributed by atoms with E-state index in [1.165, 1.54) is 28.9 Å². The molecule has 1 nitrogen and oxygen atoms in total. The Balaban J connectivity index is 2.35. The van der Waals surface area contributed by atoms with E-state index in [-0.39, 0.29) is 6.04 Å². The minimum atomic E-state index is 0.275. The van der Waals surface area contributed by atoms with Gasteiger partial charge in [0.25, 0.3) is 0 Å². The summed E-state index contributed by atoms with van der Waals surface area (Å²) in [6.45, 7) is 4.32. The van der Waals surface area contributed by atoms with Crippen molar-refractivity contribution < 1.29 is 0 Å². The fourth-order valence-electron chi connectivity index (χ4n) is 2.33. The molecule has 0 saturated heterocycles. The molecule has 0 heterocycles. The summed E-state index contributed by atoms with van der Waals surface area (Å²) >= 11 is 1.81. The molecule has 82 valence electrons. The summed E-state index contributed by atoms with van der Waals surface area (Å²) in [6.07, 6.45) is 4.63. The van der Waals surface area contributed by atoms with Crippen LogP contribution < -0.4 is 5.73 Å². The van der Waals surface area contributed by atoms with Gasteiger partial charge < -0.3 is 5.73 Å². The summed E-state index contributed by atoms with van der Waals surface area (Å²) < 4.78 is 0. The van der Waals surface area contributed by atoms with Crippen molar-refractivity contribution in [3.8, 4) is 0 Å². The van der Waals surface area contributed by atoms with E-state index in [1.54, 1.807) is 0 Å². The highest BCUT2D eigenvalue weighted by Gasteiger charge is 2.47. The molecular formula is C13H19NS. The first kappa shape index (κ1) is 11.0. The average Bonchev–Trinajstić information content (AvgIpc) is 2.98. The van der Waals surface area contributed by atoms with Crippen molar-refractivity contribution >= 4 is 11.8 Å². The predicted molar refractivity (Wildman–Crippen MR) is 67.5 cm³/mol. The number of nitrogens with two attached hydrogens (primary N) is 1. The van der Waals surface area contributed by atoms with Crippen molar-refractivity contribution in [1.82, 2.24) is 0 Å². The van der Waals surface area contributed by atoms with Crippen molar-refractivity contribution in [1.29, 1.82) is 0 Å². The van der Waals surface area contributed by atoms with Gasteiger partial charge in [-0.1, -0.05) is 12.1 Å². The standard InChI is InChI=1S/C13H19NS/c1-9-8-11(4-5-12(9)15-3)13(6-7-13)10(2)14/h4-5,8,10H,6-7,14H2,1-3H3. The molecule has 0 amide bonds. The summed E-state index contributed by atoms with van der Waals surface area (Å²) in [5.74, 6) is 0. The zero-order valence-corrected chi connectivity index (χ0v) is 10.5. The summed E-state index contributed by atoms with van der Waals surface area (Å²) in [7, 11) is 0. The lowest BCUT2D eigenvalue weighted by Crippen LogP contribution is -2.31. The van der Waals surface area contributed by atoms with Gasteiger partial charge in [-0.3, -0.25) is 0 Å². The third-order valence-corrected chi connectivity index (χ3v) is 4.53. The summed E-state index contributed by atoms with van der Waals surface area (Å²) in [5.41, 5.74) is 9.19. The molecule has 1 unspecified atom stereocenters. The van der Waals surface area contributed by atoms with E-state index < -0.39 is 0 Å². The van der Waals surface area contributed by atoms with E-state index in [0.717, 1.165) is 0 Å². The van der Waals surface area contributed by atoms with E-state index in [0.29, 0.717) is 5.41 Å². The largest absolute Gasteiger partial charge is 0.327 e. The Kier molecular flexibility index (Phi) is 2.82. The van der Waals surface area contributed by atoms with E-state index in [1.807, 2.05) is 11.8 Å². The minimum Gasteiger partial charge on any atom is -0.327 e. The van der Waals surface area contributed by atoms with Crippen LogP contribution in [-0.4, -0.2) is 12.3 Å². The molecule has 0 radical (unpaired) electrons. The molecule has 1 fully saturated rings. The summed E-state index contributed by atoms with van der Waals surface area (Å²) in [4.78, 5) is 1.37. The Labute approximate surface area is 96.4 Å². The smallest absolute Gasteiger partial charge is 0.0108 e. The maximum Gasteiger partial charge on any atom is 0.0108 e. The van der Waals surface area contributed by atoms with Gasteiger partial charge in [0.05, 0.1) is 0 Å². The highest BCUT2D eigenvalue weighted by Crippen LogP contribution is 2.50. The number of aryl methyl sites for hydroxylation is 1. The van der Waals surface area contributed by atoms with Gasteiger partial charge in [0.15, 0.2) is 0 Å². The molecule has 1 aliphatic carbocycles. The second kappa shape index (κ2) is 3.84. The Bertz CT molecular complexity index is 367. The van der Waals surface area contributed by atoms with E-state index in [2.05, 4.69) is 38.3 Å². The van der Waals surface area contributed by atoms with Crippen molar-refractivity contribution in [3.63, 3.8) is 0 Å². The van der Waals surface area contributed by atoms with Gasteiger partial charge >= 0.3 is 0 Å². The molecule has 2 rings (SSSR count). The first-order chi connectivity index (χ1) is 7.10. The number of benzene rings is 1. The second-order valence-corrected chi connectivity index (χ2v) is 5.48. The monoisotopic (exact) mass is 221 g/mol. The number of rotatable bonds is 3. The van der Waals surface area contributed by atoms with Gasteiger partial charge in [0.2, 0.25) is 0 Å². The third kappa shape index (κ3) is 1.81. The van der Waals surface area contributed by atoms with Crippen LogP contribution in [0, 0.1) is 6.92 Å². The topological polar surface area (TPSA) is 26.0 Å². The molecule has 1 aromatic carbocycles. The van der Waals surface area contributed by atoms with Crippen LogP contribution in [0.5, 0.6) is 0 Å². The molecule has 1 atom stereocenters. The highest BCUT2D eigenvalue weighted by atomic mass is 32.2. The first-order valence-corrected chi connectivity index (χ1v) is 6.73. The highest BCUT2D eigenvalue weighted by molar-refractivity contribution is 7.98. The Morgan fingerprint density at radius 2 is 2.07 bits per heavy atom. The summed E-state index contributed by atoms with van der Waals surface area (Å²) in [6, 6.07) is 7.09. The van der Waals surface area contributed by atoms with Crippen molar-refractivity contribution in [2.75, 3.05) is 6.26 Å². The van der Waals surface area contributed by atoms with Crippen LogP contribution >= 0.6 is 11.8 Å². The minimum absolute atomic E-state index is 0.275. The van der Waals surface area contributed by atoms with E-state index in [4.69, 9.17) is 5.73 Å². The van der Waals surface area contributed by atoms with Crippen LogP contribution in [0.2, 0.25) is 0 Å². The van der Waals surface area contributed by atoms with Gasteiger partial charge in [-0.05, 0) is 50.1 Å². The SMILES string of the molecule is CSc1ccc(C2(C(C)N)CC2)cc1C. The van der Waals surface area contributed by atoms with Gasteiger partial charge in [-0.15, -0.1) is 11.8 Å². The zero-order chi connectivity index (χ0) is 11.1. The molecule has 1 aromatic rings. The first-order valence-electron chi connectivity index (χ1n) is 5.51. The molecule has 2 N–H and O–H groups in total. The maximum atomic E-state index is 6.08. The number of hydrogen-bond donors (Lipinski definition) is 1. The molecule has 0 aliphatic heterocycles. The lowest BCUT2D eigenvalue weighted by atomic mass is 9.89. The van der Waals surface area contributed by atoms with Crippen LogP contribution in [0.25, 0.3) is 0 Å². The number of hydrogen-bond acceptors (Lipinski definition) is 2. The van der Waals surface area contributed by atoms with Gasteiger partial charge in [-0.25, -0.2) is 0 Å². The van der Waals surface area contributed by atoms with E-state index in [9.17, 15) is 0 Å². The second-order valence-electron chi connectivity index (χ2n) is 4.63. The van der Waals surface area contributed by atoms with Crippen molar-refractivity contribution in [2.45, 2.75) is 43.0 Å². The molecule has 1 aliphatic rings. The van der Waals surface area contributed by atoms with Gasteiger partial charge in [0.1, 0.15) is 0 Å². The van der Waals surface area contributed by atoms with Crippen LogP contribution in [-0.2, 0) is 5.41 Å². The molecule has 0 aromatic heterocycles.